The minimum atomic E-state index is -1.31. The zero-order chi connectivity index (χ0) is 18.6. The lowest BCUT2D eigenvalue weighted by Crippen LogP contribution is -2.27. The third-order valence-corrected chi connectivity index (χ3v) is 7.23. The monoisotopic (exact) mass is 376 g/mol. The molecule has 4 nitrogen and oxygen atoms in total. The first-order valence-corrected chi connectivity index (χ1v) is 13.5. The maximum Gasteiger partial charge on any atom is 0.186 e. The van der Waals surface area contributed by atoms with Crippen LogP contribution in [0.25, 0.3) is 0 Å². The van der Waals surface area contributed by atoms with Gasteiger partial charge in [0, 0.05) is 20.3 Å². The molecule has 0 aromatic rings. The molecule has 0 rings (SSSR count). The maximum absolute atomic E-state index is 5.59. The molecule has 0 saturated heterocycles. The van der Waals surface area contributed by atoms with Crippen LogP contribution >= 0.6 is 0 Å². The maximum atomic E-state index is 5.59. The van der Waals surface area contributed by atoms with Crippen molar-refractivity contribution >= 4 is 8.32 Å². The molecule has 0 aliphatic rings. The molecule has 0 aromatic carbocycles. The van der Waals surface area contributed by atoms with E-state index in [1.54, 1.807) is 0 Å². The van der Waals surface area contributed by atoms with Gasteiger partial charge in [-0.2, -0.15) is 0 Å². The van der Waals surface area contributed by atoms with Gasteiger partial charge in [-0.05, 0) is 32.5 Å². The molecule has 0 amide bonds. The van der Waals surface area contributed by atoms with Gasteiger partial charge in [-0.25, -0.2) is 0 Å². The highest BCUT2D eigenvalue weighted by molar-refractivity contribution is 6.71. The summed E-state index contributed by atoms with van der Waals surface area (Å²) in [7, 11) is 0.557. The minimum Gasteiger partial charge on any atom is -0.420 e. The fourth-order valence-corrected chi connectivity index (χ4v) is 3.98. The van der Waals surface area contributed by atoms with Crippen molar-refractivity contribution in [3.05, 3.63) is 0 Å². The Labute approximate surface area is 158 Å². The molecule has 0 unspecified atom stereocenters. The third kappa shape index (κ3) is 20.2. The summed E-state index contributed by atoms with van der Waals surface area (Å²) >= 11 is 0. The molecule has 0 atom stereocenters. The third-order valence-electron chi connectivity index (χ3n) is 4.57. The van der Waals surface area contributed by atoms with E-state index in [4.69, 9.17) is 18.6 Å². The van der Waals surface area contributed by atoms with Gasteiger partial charge in [-0.3, -0.25) is 0 Å². The smallest absolute Gasteiger partial charge is 0.186 e. The van der Waals surface area contributed by atoms with Gasteiger partial charge < -0.3 is 18.6 Å². The second-order valence-electron chi connectivity index (χ2n) is 7.32. The van der Waals surface area contributed by atoms with E-state index < -0.39 is 8.32 Å². The van der Waals surface area contributed by atoms with E-state index in [1.807, 2.05) is 14.0 Å². The Balaban J connectivity index is 3.05. The molecular formula is C20H44O4Si. The van der Waals surface area contributed by atoms with Gasteiger partial charge in [0.15, 0.2) is 8.32 Å². The predicted molar refractivity (Wildman–Crippen MR) is 109 cm³/mol. The van der Waals surface area contributed by atoms with Crippen LogP contribution in [0.15, 0.2) is 0 Å². The van der Waals surface area contributed by atoms with E-state index in [-0.39, 0.29) is 0 Å². The number of hydrogen-bond acceptors (Lipinski definition) is 4. The normalized spacial score (nSPS) is 12.0. The average molecular weight is 377 g/mol. The van der Waals surface area contributed by atoms with E-state index in [9.17, 15) is 0 Å². The summed E-state index contributed by atoms with van der Waals surface area (Å²) < 4.78 is 21.8. The van der Waals surface area contributed by atoms with Crippen LogP contribution in [0.2, 0.25) is 19.1 Å². The molecule has 0 aromatic heterocycles. The lowest BCUT2D eigenvalue weighted by atomic mass is 10.1. The van der Waals surface area contributed by atoms with Crippen LogP contribution in [0, 0.1) is 0 Å². The predicted octanol–water partition coefficient (Wildman–Crippen LogP) is 5.42. The van der Waals surface area contributed by atoms with Crippen LogP contribution in [0.4, 0.5) is 0 Å². The van der Waals surface area contributed by atoms with Crippen molar-refractivity contribution in [2.75, 3.05) is 46.8 Å². The molecule has 0 fully saturated rings. The minimum absolute atomic E-state index is 0.670. The zero-order valence-corrected chi connectivity index (χ0v) is 18.4. The van der Waals surface area contributed by atoms with Gasteiger partial charge in [0.2, 0.25) is 0 Å². The topological polar surface area (TPSA) is 36.9 Å². The lowest BCUT2D eigenvalue weighted by molar-refractivity contribution is 0.0162. The molecule has 0 bridgehead atoms. The molecule has 0 N–H and O–H groups in total. The van der Waals surface area contributed by atoms with Crippen LogP contribution in [0.1, 0.15) is 64.7 Å². The summed E-state index contributed by atoms with van der Waals surface area (Å²) in [6, 6.07) is 1.31. The van der Waals surface area contributed by atoms with E-state index in [2.05, 4.69) is 13.1 Å². The van der Waals surface area contributed by atoms with E-state index in [0.717, 1.165) is 13.2 Å². The van der Waals surface area contributed by atoms with E-state index in [1.165, 1.54) is 63.8 Å². The van der Waals surface area contributed by atoms with Crippen molar-refractivity contribution in [2.24, 2.45) is 0 Å². The van der Waals surface area contributed by atoms with E-state index in [0.29, 0.717) is 26.4 Å². The standard InChI is InChI=1S/C20H44O4Si/c1-5-22-16-17-24-19-18-23-15-13-11-9-7-6-8-10-12-14-20-25(3,4)21-2/h5-20H2,1-4H3. The molecule has 0 radical (unpaired) electrons. The number of unbranched alkanes of at least 4 members (excludes halogenated alkanes) is 8. The fraction of sp³-hybridized carbons (Fsp3) is 1.00. The van der Waals surface area contributed by atoms with Crippen LogP contribution < -0.4 is 0 Å². The summed E-state index contributed by atoms with van der Waals surface area (Å²) in [6.45, 7) is 11.0. The molecule has 152 valence electrons. The first kappa shape index (κ1) is 25.1. The van der Waals surface area contributed by atoms with Crippen molar-refractivity contribution in [1.29, 1.82) is 0 Å². The molecule has 0 aliphatic carbocycles. The van der Waals surface area contributed by atoms with Crippen LogP contribution in [-0.2, 0) is 18.6 Å². The fourth-order valence-electron chi connectivity index (χ4n) is 2.68. The summed E-state index contributed by atoms with van der Waals surface area (Å²) in [5.74, 6) is 0. The van der Waals surface area contributed by atoms with Gasteiger partial charge >= 0.3 is 0 Å². The second kappa shape index (κ2) is 18.8. The zero-order valence-electron chi connectivity index (χ0n) is 17.4. The van der Waals surface area contributed by atoms with Crippen LogP contribution in [-0.4, -0.2) is 55.1 Å². The number of hydrogen-bond donors (Lipinski definition) is 0. The van der Waals surface area contributed by atoms with Crippen molar-refractivity contribution in [2.45, 2.75) is 83.8 Å². The Bertz CT molecular complexity index is 262. The Kier molecular flexibility index (Phi) is 18.9. The Morgan fingerprint density at radius 1 is 0.560 bits per heavy atom. The van der Waals surface area contributed by atoms with Crippen molar-refractivity contribution < 1.29 is 18.6 Å². The highest BCUT2D eigenvalue weighted by Gasteiger charge is 2.18. The Morgan fingerprint density at radius 2 is 1.00 bits per heavy atom. The molecule has 0 spiro atoms. The molecule has 25 heavy (non-hydrogen) atoms. The van der Waals surface area contributed by atoms with Crippen LogP contribution in [0.5, 0.6) is 0 Å². The molecular weight excluding hydrogens is 332 g/mol. The van der Waals surface area contributed by atoms with Crippen LogP contribution in [0.3, 0.4) is 0 Å². The molecule has 5 heteroatoms. The first-order chi connectivity index (χ1) is 12.1. The average Bonchev–Trinajstić information content (AvgIpc) is 2.60. The van der Waals surface area contributed by atoms with Crippen molar-refractivity contribution in [1.82, 2.24) is 0 Å². The van der Waals surface area contributed by atoms with E-state index >= 15 is 0 Å². The molecule has 0 saturated carbocycles. The Morgan fingerprint density at radius 3 is 1.52 bits per heavy atom. The summed E-state index contributed by atoms with van der Waals surface area (Å²) in [6.07, 6.45) is 12.1. The van der Waals surface area contributed by atoms with Gasteiger partial charge in [-0.1, -0.05) is 51.4 Å². The largest absolute Gasteiger partial charge is 0.420 e. The molecule has 0 aliphatic heterocycles. The second-order valence-corrected chi connectivity index (χ2v) is 11.7. The summed E-state index contributed by atoms with van der Waals surface area (Å²) in [5.41, 5.74) is 0. The first-order valence-electron chi connectivity index (χ1n) is 10.4. The highest BCUT2D eigenvalue weighted by atomic mass is 28.4. The quantitative estimate of drug-likeness (QED) is 0.210. The Hall–Kier alpha value is 0.0569. The number of ether oxygens (including phenoxy) is 3. The van der Waals surface area contributed by atoms with Gasteiger partial charge in [-0.15, -0.1) is 0 Å². The SMILES string of the molecule is CCOCCOCCOCCCCCCCCCCC[Si](C)(C)OC. The van der Waals surface area contributed by atoms with Crippen molar-refractivity contribution in [3.8, 4) is 0 Å². The lowest BCUT2D eigenvalue weighted by Gasteiger charge is -2.19. The van der Waals surface area contributed by atoms with Crippen molar-refractivity contribution in [3.63, 3.8) is 0 Å². The highest BCUT2D eigenvalue weighted by Crippen LogP contribution is 2.16. The summed E-state index contributed by atoms with van der Waals surface area (Å²) in [5, 5.41) is 0. The summed E-state index contributed by atoms with van der Waals surface area (Å²) in [4.78, 5) is 0. The number of rotatable bonds is 20. The van der Waals surface area contributed by atoms with Gasteiger partial charge in [0.05, 0.1) is 26.4 Å². The van der Waals surface area contributed by atoms with Gasteiger partial charge in [0.1, 0.15) is 0 Å². The molecule has 0 heterocycles. The van der Waals surface area contributed by atoms with Gasteiger partial charge in [0.25, 0.3) is 0 Å².